The van der Waals surface area contributed by atoms with Gasteiger partial charge >= 0.3 is 0 Å². The van der Waals surface area contributed by atoms with E-state index in [0.717, 1.165) is 15.4 Å². The lowest BCUT2D eigenvalue weighted by atomic mass is 9.94. The molecule has 6 heteroatoms. The summed E-state index contributed by atoms with van der Waals surface area (Å²) in [5, 5.41) is 0.282. The minimum Gasteiger partial charge on any atom is -0.285 e. The van der Waals surface area contributed by atoms with E-state index in [0.29, 0.717) is 18.7 Å². The van der Waals surface area contributed by atoms with Crippen molar-refractivity contribution in [2.24, 2.45) is 5.41 Å². The number of nitrogens with zero attached hydrogens (tertiary/aromatic N) is 2. The van der Waals surface area contributed by atoms with E-state index in [2.05, 4.69) is 32.9 Å². The maximum Gasteiger partial charge on any atom is 0.266 e. The summed E-state index contributed by atoms with van der Waals surface area (Å²) in [6, 6.07) is 7.89. The fourth-order valence-electron chi connectivity index (χ4n) is 3.24. The Morgan fingerprint density at radius 1 is 1.03 bits per heavy atom. The van der Waals surface area contributed by atoms with Gasteiger partial charge in [-0.05, 0) is 49.2 Å². The van der Waals surface area contributed by atoms with Crippen molar-refractivity contribution < 1.29 is 9.59 Å². The monoisotopic (exact) mass is 426 g/mol. The molecule has 2 amide bonds. The maximum absolute atomic E-state index is 13.3. The lowest BCUT2D eigenvalue weighted by Crippen LogP contribution is -2.56. The highest BCUT2D eigenvalue weighted by Crippen LogP contribution is 2.43. The Labute approximate surface area is 182 Å². The van der Waals surface area contributed by atoms with Crippen LogP contribution in [0.1, 0.15) is 40.2 Å². The molecular weight excluding hydrogens is 400 g/mol. The molecule has 0 aromatic heterocycles. The zero-order chi connectivity index (χ0) is 21.3. The largest absolute Gasteiger partial charge is 0.285 e. The molecule has 0 saturated carbocycles. The third-order valence-electron chi connectivity index (χ3n) is 4.72. The maximum atomic E-state index is 13.3. The number of benzene rings is 1. The smallest absolute Gasteiger partial charge is 0.266 e. The van der Waals surface area contributed by atoms with E-state index in [-0.39, 0.29) is 27.9 Å². The highest BCUT2D eigenvalue weighted by atomic mass is 32.2. The Morgan fingerprint density at radius 2 is 1.62 bits per heavy atom. The normalized spacial score (nSPS) is 18.0. The molecule has 1 aromatic rings. The van der Waals surface area contributed by atoms with Crippen LogP contribution in [0.4, 0.5) is 0 Å². The van der Waals surface area contributed by atoms with Crippen LogP contribution in [0.5, 0.6) is 0 Å². The predicted molar refractivity (Wildman–Crippen MR) is 123 cm³/mol. The SMILES string of the molecule is CCN1C(=O)C(=C2C=C(/C=C/C(C)(C)C)Sc3ccccc32)C(=O)N(CC)C1=S. The van der Waals surface area contributed by atoms with Crippen molar-refractivity contribution in [2.45, 2.75) is 39.5 Å². The summed E-state index contributed by atoms with van der Waals surface area (Å²) < 4.78 is 0. The highest BCUT2D eigenvalue weighted by Gasteiger charge is 2.40. The number of likely N-dealkylation sites (N-methyl/N-ethyl adjacent to an activating group) is 2. The van der Waals surface area contributed by atoms with Gasteiger partial charge in [-0.2, -0.15) is 0 Å². The summed E-state index contributed by atoms with van der Waals surface area (Å²) in [7, 11) is 0. The van der Waals surface area contributed by atoms with E-state index in [1.54, 1.807) is 11.8 Å². The van der Waals surface area contributed by atoms with Gasteiger partial charge in [0.05, 0.1) is 0 Å². The molecule has 0 atom stereocenters. The van der Waals surface area contributed by atoms with Gasteiger partial charge in [0, 0.05) is 28.5 Å². The summed E-state index contributed by atoms with van der Waals surface area (Å²) in [4.78, 5) is 31.5. The molecule has 3 rings (SSSR count). The van der Waals surface area contributed by atoms with E-state index < -0.39 is 0 Å². The second kappa shape index (κ2) is 8.28. The van der Waals surface area contributed by atoms with Crippen molar-refractivity contribution >= 4 is 46.5 Å². The van der Waals surface area contributed by atoms with Crippen LogP contribution >= 0.6 is 24.0 Å². The van der Waals surface area contributed by atoms with Crippen LogP contribution in [0.25, 0.3) is 5.57 Å². The highest BCUT2D eigenvalue weighted by molar-refractivity contribution is 8.03. The lowest BCUT2D eigenvalue weighted by molar-refractivity contribution is -0.133. The molecule has 0 unspecified atom stereocenters. The van der Waals surface area contributed by atoms with Gasteiger partial charge in [0.15, 0.2) is 5.11 Å². The Balaban J connectivity index is 2.23. The number of amides is 2. The fraction of sp³-hybridized carbons (Fsp3) is 0.348. The molecule has 29 heavy (non-hydrogen) atoms. The van der Waals surface area contributed by atoms with Gasteiger partial charge in [0.1, 0.15) is 5.57 Å². The third kappa shape index (κ3) is 4.23. The van der Waals surface area contributed by atoms with E-state index in [1.807, 2.05) is 44.2 Å². The lowest BCUT2D eigenvalue weighted by Gasteiger charge is -2.36. The molecule has 0 radical (unpaired) electrons. The average molecular weight is 427 g/mol. The van der Waals surface area contributed by atoms with Crippen LogP contribution in [0.3, 0.4) is 0 Å². The van der Waals surface area contributed by atoms with Crippen molar-refractivity contribution in [3.05, 3.63) is 58.5 Å². The molecule has 1 saturated heterocycles. The molecular formula is C23H26N2O2S2. The molecule has 2 aliphatic rings. The molecule has 1 aromatic carbocycles. The minimum atomic E-state index is -0.320. The van der Waals surface area contributed by atoms with E-state index in [4.69, 9.17) is 12.2 Å². The summed E-state index contributed by atoms with van der Waals surface area (Å²) in [5.74, 6) is -0.640. The van der Waals surface area contributed by atoms with Gasteiger partial charge < -0.3 is 0 Å². The number of carbonyl (C=O) groups is 2. The first-order chi connectivity index (χ1) is 13.7. The van der Waals surface area contributed by atoms with E-state index in [1.165, 1.54) is 9.80 Å². The quantitative estimate of drug-likeness (QED) is 0.386. The number of thiocarbonyl (C=S) groups is 1. The van der Waals surface area contributed by atoms with Gasteiger partial charge in [-0.25, -0.2) is 0 Å². The second-order valence-electron chi connectivity index (χ2n) is 8.01. The number of hydrogen-bond donors (Lipinski definition) is 0. The molecule has 1 fully saturated rings. The van der Waals surface area contributed by atoms with Crippen LogP contribution in [-0.4, -0.2) is 39.8 Å². The van der Waals surface area contributed by atoms with Gasteiger partial charge in [0.25, 0.3) is 11.8 Å². The minimum absolute atomic E-state index is 0.0341. The number of carbonyl (C=O) groups excluding carboxylic acids is 2. The Morgan fingerprint density at radius 3 is 2.17 bits per heavy atom. The van der Waals surface area contributed by atoms with Crippen molar-refractivity contribution in [1.82, 2.24) is 9.80 Å². The fourth-order valence-corrected chi connectivity index (χ4v) is 4.67. The van der Waals surface area contributed by atoms with Gasteiger partial charge in [0.2, 0.25) is 0 Å². The Hall–Kier alpha value is -2.18. The van der Waals surface area contributed by atoms with Crippen LogP contribution in [0.15, 0.2) is 57.9 Å². The first-order valence-electron chi connectivity index (χ1n) is 9.78. The molecule has 2 heterocycles. The number of allylic oxidation sites excluding steroid dienone is 4. The first-order valence-corrected chi connectivity index (χ1v) is 11.0. The topological polar surface area (TPSA) is 40.6 Å². The van der Waals surface area contributed by atoms with Gasteiger partial charge in [-0.1, -0.05) is 62.9 Å². The predicted octanol–water partition coefficient (Wildman–Crippen LogP) is 5.03. The van der Waals surface area contributed by atoms with Crippen molar-refractivity contribution in [3.8, 4) is 0 Å². The standard InChI is InChI=1S/C23H26N2O2S2/c1-6-24-20(26)19(21(27)25(7-2)22(24)28)17-14-15(12-13-23(3,4)5)29-18-11-9-8-10-16(17)18/h8-14H,6-7H2,1-5H3/b13-12+. The van der Waals surface area contributed by atoms with Crippen LogP contribution in [0.2, 0.25) is 0 Å². The first kappa shape index (κ1) is 21.5. The van der Waals surface area contributed by atoms with Crippen LogP contribution in [-0.2, 0) is 9.59 Å². The van der Waals surface area contributed by atoms with Gasteiger partial charge in [-0.15, -0.1) is 0 Å². The molecule has 2 aliphatic heterocycles. The molecule has 152 valence electrons. The zero-order valence-corrected chi connectivity index (χ0v) is 19.1. The zero-order valence-electron chi connectivity index (χ0n) is 17.5. The number of thioether (sulfide) groups is 1. The molecule has 0 aliphatic carbocycles. The number of rotatable bonds is 3. The summed E-state index contributed by atoms with van der Waals surface area (Å²) in [6.07, 6.45) is 6.16. The number of hydrogen-bond acceptors (Lipinski definition) is 4. The molecule has 4 nitrogen and oxygen atoms in total. The second-order valence-corrected chi connectivity index (χ2v) is 9.49. The van der Waals surface area contributed by atoms with Gasteiger partial charge in [-0.3, -0.25) is 19.4 Å². The van der Waals surface area contributed by atoms with Crippen LogP contribution in [0, 0.1) is 5.41 Å². The molecule has 0 N–H and O–H groups in total. The van der Waals surface area contributed by atoms with E-state index >= 15 is 0 Å². The van der Waals surface area contributed by atoms with Crippen molar-refractivity contribution in [2.75, 3.05) is 13.1 Å². The van der Waals surface area contributed by atoms with E-state index in [9.17, 15) is 9.59 Å². The molecule has 0 spiro atoms. The Kier molecular flexibility index (Phi) is 6.15. The van der Waals surface area contributed by atoms with Crippen LogP contribution < -0.4 is 0 Å². The average Bonchev–Trinajstić information content (AvgIpc) is 2.66. The summed E-state index contributed by atoms with van der Waals surface area (Å²) >= 11 is 7.04. The van der Waals surface area contributed by atoms with Crippen molar-refractivity contribution in [1.29, 1.82) is 0 Å². The summed E-state index contributed by atoms with van der Waals surface area (Å²) in [6.45, 7) is 11.0. The third-order valence-corrected chi connectivity index (χ3v) is 6.23. The summed E-state index contributed by atoms with van der Waals surface area (Å²) in [5.41, 5.74) is 1.80. The molecule has 0 bridgehead atoms. The number of fused-ring (bicyclic) bond motifs is 1. The Bertz CT molecular complexity index is 939. The van der Waals surface area contributed by atoms with Crippen molar-refractivity contribution in [3.63, 3.8) is 0 Å².